The SMILES string of the molecule is C[C@@H](O)CN(C(=O)Nc1ccc2c3c(cccc13)CC2)[C@@H](C)CO. The molecule has 0 bridgehead atoms. The number of urea groups is 1. The van der Waals surface area contributed by atoms with E-state index in [9.17, 15) is 15.0 Å². The molecule has 2 aromatic carbocycles. The van der Waals surface area contributed by atoms with Gasteiger partial charge >= 0.3 is 6.03 Å². The molecular formula is C19H24N2O3. The van der Waals surface area contributed by atoms with Crippen LogP contribution in [0.15, 0.2) is 30.3 Å². The van der Waals surface area contributed by atoms with Crippen LogP contribution in [0.4, 0.5) is 10.5 Å². The highest BCUT2D eigenvalue weighted by atomic mass is 16.3. The van der Waals surface area contributed by atoms with Crippen LogP contribution in [0.3, 0.4) is 0 Å². The Labute approximate surface area is 141 Å². The molecule has 0 aromatic heterocycles. The van der Waals surface area contributed by atoms with Gasteiger partial charge in [-0.15, -0.1) is 0 Å². The number of hydrogen-bond donors (Lipinski definition) is 3. The van der Waals surface area contributed by atoms with Gasteiger partial charge in [0.05, 0.1) is 24.4 Å². The van der Waals surface area contributed by atoms with Crippen LogP contribution >= 0.6 is 0 Å². The zero-order valence-corrected chi connectivity index (χ0v) is 14.1. The number of rotatable bonds is 5. The summed E-state index contributed by atoms with van der Waals surface area (Å²) in [6.07, 6.45) is 1.43. The van der Waals surface area contributed by atoms with Crippen molar-refractivity contribution in [1.82, 2.24) is 4.90 Å². The number of anilines is 1. The Morgan fingerprint density at radius 2 is 1.92 bits per heavy atom. The smallest absolute Gasteiger partial charge is 0.322 e. The minimum absolute atomic E-state index is 0.149. The van der Waals surface area contributed by atoms with Crippen molar-refractivity contribution in [3.8, 4) is 0 Å². The average Bonchev–Trinajstić information content (AvgIpc) is 2.99. The van der Waals surface area contributed by atoms with Crippen molar-refractivity contribution in [1.29, 1.82) is 0 Å². The van der Waals surface area contributed by atoms with Gasteiger partial charge in [0.1, 0.15) is 0 Å². The molecule has 1 aliphatic carbocycles. The van der Waals surface area contributed by atoms with E-state index >= 15 is 0 Å². The number of aliphatic hydroxyl groups is 2. The normalized spacial score (nSPS) is 15.3. The number of carbonyl (C=O) groups excluding carboxylic acids is 1. The van der Waals surface area contributed by atoms with Gasteiger partial charge < -0.3 is 20.4 Å². The van der Waals surface area contributed by atoms with Crippen molar-refractivity contribution in [3.63, 3.8) is 0 Å². The number of carbonyl (C=O) groups is 1. The van der Waals surface area contributed by atoms with Crippen LogP contribution in [0.2, 0.25) is 0 Å². The quantitative estimate of drug-likeness (QED) is 0.790. The summed E-state index contributed by atoms with van der Waals surface area (Å²) in [7, 11) is 0. The molecule has 0 spiro atoms. The van der Waals surface area contributed by atoms with E-state index in [1.165, 1.54) is 21.4 Å². The van der Waals surface area contributed by atoms with Crippen molar-refractivity contribution >= 4 is 22.5 Å². The number of benzene rings is 2. The molecule has 3 rings (SSSR count). The highest BCUT2D eigenvalue weighted by molar-refractivity contribution is 6.04. The van der Waals surface area contributed by atoms with Crippen molar-refractivity contribution in [3.05, 3.63) is 41.5 Å². The number of nitrogens with one attached hydrogen (secondary N) is 1. The van der Waals surface area contributed by atoms with Crippen LogP contribution in [0.1, 0.15) is 25.0 Å². The van der Waals surface area contributed by atoms with Gasteiger partial charge in [-0.1, -0.05) is 24.3 Å². The van der Waals surface area contributed by atoms with Crippen LogP contribution in [-0.4, -0.2) is 46.4 Å². The molecule has 2 aromatic rings. The molecule has 3 N–H and O–H groups in total. The molecule has 0 saturated heterocycles. The molecule has 0 saturated carbocycles. The third kappa shape index (κ3) is 3.09. The van der Waals surface area contributed by atoms with Crippen LogP contribution in [0.5, 0.6) is 0 Å². The first-order valence-corrected chi connectivity index (χ1v) is 8.41. The molecule has 1 aliphatic rings. The Morgan fingerprint density at radius 3 is 2.58 bits per heavy atom. The van der Waals surface area contributed by atoms with E-state index < -0.39 is 6.10 Å². The fourth-order valence-corrected chi connectivity index (χ4v) is 3.39. The molecule has 0 aliphatic heterocycles. The van der Waals surface area contributed by atoms with Gasteiger partial charge in [0.15, 0.2) is 0 Å². The Morgan fingerprint density at radius 1 is 1.21 bits per heavy atom. The van der Waals surface area contributed by atoms with Crippen molar-refractivity contribution in [2.24, 2.45) is 0 Å². The number of aliphatic hydroxyl groups excluding tert-OH is 2. The molecule has 2 atom stereocenters. The monoisotopic (exact) mass is 328 g/mol. The lowest BCUT2D eigenvalue weighted by molar-refractivity contribution is 0.0995. The number of amides is 2. The first-order valence-electron chi connectivity index (χ1n) is 8.41. The van der Waals surface area contributed by atoms with Gasteiger partial charge in [0, 0.05) is 11.9 Å². The van der Waals surface area contributed by atoms with E-state index in [1.54, 1.807) is 13.8 Å². The topological polar surface area (TPSA) is 72.8 Å². The van der Waals surface area contributed by atoms with E-state index in [1.807, 2.05) is 18.2 Å². The third-order valence-electron chi connectivity index (χ3n) is 4.64. The molecule has 0 unspecified atom stereocenters. The minimum atomic E-state index is -0.655. The Hall–Kier alpha value is -2.11. The van der Waals surface area contributed by atoms with Gasteiger partial charge in [-0.2, -0.15) is 0 Å². The van der Waals surface area contributed by atoms with E-state index in [0.717, 1.165) is 23.9 Å². The zero-order valence-electron chi connectivity index (χ0n) is 14.1. The second-order valence-corrected chi connectivity index (χ2v) is 6.58. The molecule has 24 heavy (non-hydrogen) atoms. The van der Waals surface area contributed by atoms with Crippen LogP contribution in [0, 0.1) is 0 Å². The molecule has 0 heterocycles. The Bertz CT molecular complexity index is 747. The number of nitrogens with zero attached hydrogens (tertiary/aromatic N) is 1. The second kappa shape index (κ2) is 6.79. The Balaban J connectivity index is 1.90. The Kier molecular flexibility index (Phi) is 4.73. The summed E-state index contributed by atoms with van der Waals surface area (Å²) in [5.74, 6) is 0. The summed E-state index contributed by atoms with van der Waals surface area (Å²) >= 11 is 0. The van der Waals surface area contributed by atoms with Crippen LogP contribution in [-0.2, 0) is 12.8 Å². The van der Waals surface area contributed by atoms with Crippen molar-refractivity contribution in [2.45, 2.75) is 38.8 Å². The van der Waals surface area contributed by atoms with E-state index in [2.05, 4.69) is 17.4 Å². The third-order valence-corrected chi connectivity index (χ3v) is 4.64. The first kappa shape index (κ1) is 16.7. The van der Waals surface area contributed by atoms with Gasteiger partial charge in [-0.25, -0.2) is 4.79 Å². The van der Waals surface area contributed by atoms with Gasteiger partial charge in [-0.05, 0) is 49.3 Å². The predicted octanol–water partition coefficient (Wildman–Crippen LogP) is 2.53. The lowest BCUT2D eigenvalue weighted by Gasteiger charge is -2.29. The molecule has 5 heteroatoms. The van der Waals surface area contributed by atoms with Gasteiger partial charge in [-0.3, -0.25) is 0 Å². The second-order valence-electron chi connectivity index (χ2n) is 6.58. The molecule has 0 radical (unpaired) electrons. The van der Waals surface area contributed by atoms with Crippen LogP contribution in [0.25, 0.3) is 10.8 Å². The van der Waals surface area contributed by atoms with Gasteiger partial charge in [0.2, 0.25) is 0 Å². The highest BCUT2D eigenvalue weighted by Gasteiger charge is 2.23. The maximum Gasteiger partial charge on any atom is 0.322 e. The lowest BCUT2D eigenvalue weighted by Crippen LogP contribution is -2.46. The van der Waals surface area contributed by atoms with Crippen molar-refractivity contribution in [2.75, 3.05) is 18.5 Å². The summed E-state index contributed by atoms with van der Waals surface area (Å²) in [5, 5.41) is 24.3. The molecule has 5 nitrogen and oxygen atoms in total. The van der Waals surface area contributed by atoms with Gasteiger partial charge in [0.25, 0.3) is 0 Å². The van der Waals surface area contributed by atoms with E-state index in [4.69, 9.17) is 0 Å². The fraction of sp³-hybridized carbons (Fsp3) is 0.421. The number of hydrogen-bond acceptors (Lipinski definition) is 3. The minimum Gasteiger partial charge on any atom is -0.394 e. The van der Waals surface area contributed by atoms with E-state index in [-0.39, 0.29) is 25.2 Å². The summed E-state index contributed by atoms with van der Waals surface area (Å²) in [6.45, 7) is 3.41. The summed E-state index contributed by atoms with van der Waals surface area (Å²) in [6, 6.07) is 9.52. The number of aryl methyl sites for hydroxylation is 2. The largest absolute Gasteiger partial charge is 0.394 e. The first-order chi connectivity index (χ1) is 11.5. The lowest BCUT2D eigenvalue weighted by atomic mass is 10.0. The summed E-state index contributed by atoms with van der Waals surface area (Å²) in [5.41, 5.74) is 3.41. The molecule has 128 valence electrons. The maximum atomic E-state index is 12.7. The molecule has 2 amide bonds. The molecular weight excluding hydrogens is 304 g/mol. The molecule has 0 fully saturated rings. The maximum absolute atomic E-state index is 12.7. The zero-order chi connectivity index (χ0) is 17.3. The fourth-order valence-electron chi connectivity index (χ4n) is 3.39. The predicted molar refractivity (Wildman–Crippen MR) is 95.3 cm³/mol. The summed E-state index contributed by atoms with van der Waals surface area (Å²) < 4.78 is 0. The highest BCUT2D eigenvalue weighted by Crippen LogP contribution is 2.35. The average molecular weight is 328 g/mol. The van der Waals surface area contributed by atoms with Crippen molar-refractivity contribution < 1.29 is 15.0 Å². The standard InChI is InChI=1S/C19H24N2O3/c1-12(11-22)21(10-13(2)23)19(24)20-17-9-8-15-7-6-14-4-3-5-16(17)18(14)15/h3-5,8-9,12-13,22-23H,6-7,10-11H2,1-2H3,(H,20,24)/t12-,13+/m0/s1. The summed E-state index contributed by atoms with van der Waals surface area (Å²) in [4.78, 5) is 14.1. The van der Waals surface area contributed by atoms with E-state index in [0.29, 0.717) is 0 Å². The van der Waals surface area contributed by atoms with Crippen LogP contribution < -0.4 is 5.32 Å².